The van der Waals surface area contributed by atoms with Gasteiger partial charge in [0.15, 0.2) is 5.96 Å². The van der Waals surface area contributed by atoms with E-state index in [4.69, 9.17) is 5.73 Å². The smallest absolute Gasteiger partial charge is 0.191 e. The topological polar surface area (TPSA) is 74.7 Å². The molecule has 18 heavy (non-hydrogen) atoms. The molecule has 0 amide bonds. The zero-order valence-electron chi connectivity index (χ0n) is 10.7. The fourth-order valence-electron chi connectivity index (χ4n) is 2.20. The highest BCUT2D eigenvalue weighted by Gasteiger charge is 2.17. The highest BCUT2D eigenvalue weighted by atomic mass is 16.3. The first-order valence-electron chi connectivity index (χ1n) is 6.34. The predicted molar refractivity (Wildman–Crippen MR) is 71.2 cm³/mol. The number of hydrogen-bond acceptors (Lipinski definition) is 3. The number of aliphatic imine (C=N–C) groups is 1. The van der Waals surface area contributed by atoms with Crippen LogP contribution in [-0.4, -0.2) is 34.0 Å². The van der Waals surface area contributed by atoms with Crippen LogP contribution >= 0.6 is 0 Å². The van der Waals surface area contributed by atoms with E-state index in [9.17, 15) is 5.11 Å². The third-order valence-corrected chi connectivity index (χ3v) is 3.24. The van der Waals surface area contributed by atoms with Crippen molar-refractivity contribution in [1.29, 1.82) is 0 Å². The maximum Gasteiger partial charge on any atom is 0.191 e. The Kier molecular flexibility index (Phi) is 4.02. The monoisotopic (exact) mass is 248 g/mol. The summed E-state index contributed by atoms with van der Waals surface area (Å²) in [4.78, 5) is 10.5. The van der Waals surface area contributed by atoms with E-state index >= 15 is 0 Å². The molecule has 0 radical (unpaired) electrons. The van der Waals surface area contributed by atoms with Gasteiger partial charge in [-0.2, -0.15) is 0 Å². The summed E-state index contributed by atoms with van der Waals surface area (Å²) in [5.74, 6) is 1.38. The maximum atomic E-state index is 9.59. The average molecular weight is 248 g/mol. The number of hydrogen-bond donors (Lipinski definition) is 2. The van der Waals surface area contributed by atoms with Gasteiger partial charge >= 0.3 is 0 Å². The van der Waals surface area contributed by atoms with Crippen LogP contribution in [-0.2, 0) is 6.54 Å². The number of piperidine rings is 1. The van der Waals surface area contributed by atoms with Gasteiger partial charge in [0.2, 0.25) is 0 Å². The lowest BCUT2D eigenvalue weighted by Crippen LogP contribution is -2.43. The minimum absolute atomic E-state index is 0.168. The summed E-state index contributed by atoms with van der Waals surface area (Å²) in [6, 6.07) is 3.30. The van der Waals surface area contributed by atoms with Crippen molar-refractivity contribution in [2.24, 2.45) is 16.6 Å². The summed E-state index contributed by atoms with van der Waals surface area (Å²) in [6.45, 7) is 4.48. The van der Waals surface area contributed by atoms with Gasteiger partial charge in [0, 0.05) is 19.3 Å². The van der Waals surface area contributed by atoms with Crippen LogP contribution in [0.15, 0.2) is 23.3 Å². The first kappa shape index (κ1) is 12.7. The van der Waals surface area contributed by atoms with Crippen molar-refractivity contribution < 1.29 is 5.11 Å². The summed E-state index contributed by atoms with van der Waals surface area (Å²) in [7, 11) is 0. The van der Waals surface area contributed by atoms with E-state index in [1.54, 1.807) is 18.3 Å². The number of rotatable bonds is 2. The zero-order chi connectivity index (χ0) is 13.0. The Labute approximate surface area is 107 Å². The molecular weight excluding hydrogens is 228 g/mol. The molecule has 1 atom stereocenters. The number of aromatic nitrogens is 1. The Bertz CT molecular complexity index is 433. The van der Waals surface area contributed by atoms with Gasteiger partial charge in [-0.1, -0.05) is 6.92 Å². The summed E-state index contributed by atoms with van der Waals surface area (Å²) < 4.78 is 0. The minimum atomic E-state index is 0.168. The van der Waals surface area contributed by atoms with Gasteiger partial charge in [0.1, 0.15) is 11.4 Å². The Morgan fingerprint density at radius 1 is 1.67 bits per heavy atom. The van der Waals surface area contributed by atoms with Crippen molar-refractivity contribution >= 4 is 5.96 Å². The number of aromatic hydroxyl groups is 1. The highest BCUT2D eigenvalue weighted by Crippen LogP contribution is 2.16. The minimum Gasteiger partial charge on any atom is -0.506 e. The molecule has 1 aliphatic heterocycles. The molecule has 0 aliphatic carbocycles. The molecule has 5 heteroatoms. The maximum absolute atomic E-state index is 9.59. The van der Waals surface area contributed by atoms with Gasteiger partial charge in [-0.15, -0.1) is 0 Å². The fourth-order valence-corrected chi connectivity index (χ4v) is 2.20. The highest BCUT2D eigenvalue weighted by molar-refractivity contribution is 5.78. The number of nitrogens with zero attached hydrogens (tertiary/aromatic N) is 3. The number of likely N-dealkylation sites (tertiary alicyclic amines) is 1. The van der Waals surface area contributed by atoms with E-state index < -0.39 is 0 Å². The molecule has 0 bridgehead atoms. The molecule has 2 heterocycles. The first-order valence-corrected chi connectivity index (χ1v) is 6.34. The van der Waals surface area contributed by atoms with Crippen LogP contribution in [0, 0.1) is 5.92 Å². The number of pyridine rings is 1. The van der Waals surface area contributed by atoms with Crippen molar-refractivity contribution in [1.82, 2.24) is 9.88 Å². The lowest BCUT2D eigenvalue weighted by molar-refractivity contribution is 0.270. The average Bonchev–Trinajstić information content (AvgIpc) is 2.37. The normalized spacial score (nSPS) is 21.1. The van der Waals surface area contributed by atoms with Crippen LogP contribution in [0.5, 0.6) is 5.75 Å². The van der Waals surface area contributed by atoms with Crippen LogP contribution in [0.2, 0.25) is 0 Å². The van der Waals surface area contributed by atoms with Crippen LogP contribution in [0.1, 0.15) is 25.5 Å². The zero-order valence-corrected chi connectivity index (χ0v) is 10.7. The molecule has 1 fully saturated rings. The molecule has 0 saturated carbocycles. The van der Waals surface area contributed by atoms with E-state index in [1.165, 1.54) is 6.42 Å². The van der Waals surface area contributed by atoms with Crippen molar-refractivity contribution in [2.75, 3.05) is 13.1 Å². The second kappa shape index (κ2) is 5.71. The standard InChI is InChI=1S/C13H20N4O/c1-10-4-3-7-17(9-10)13(14)16-8-11-12(18)5-2-6-15-11/h2,5-6,10,18H,3-4,7-9H2,1H3,(H2,14,16). The Hall–Kier alpha value is -1.78. The third kappa shape index (κ3) is 3.12. The molecule has 0 aromatic carbocycles. The van der Waals surface area contributed by atoms with Crippen LogP contribution in [0.4, 0.5) is 0 Å². The van der Waals surface area contributed by atoms with E-state index in [0.717, 1.165) is 19.5 Å². The van der Waals surface area contributed by atoms with Gasteiger partial charge in [-0.3, -0.25) is 4.98 Å². The second-order valence-electron chi connectivity index (χ2n) is 4.84. The summed E-state index contributed by atoms with van der Waals surface area (Å²) in [5, 5.41) is 9.59. The quantitative estimate of drug-likeness (QED) is 0.611. The van der Waals surface area contributed by atoms with Crippen molar-refractivity contribution in [3.05, 3.63) is 24.0 Å². The molecule has 1 aromatic rings. The molecule has 98 valence electrons. The van der Waals surface area contributed by atoms with Crippen molar-refractivity contribution in [3.8, 4) is 5.75 Å². The first-order chi connectivity index (χ1) is 8.66. The summed E-state index contributed by atoms with van der Waals surface area (Å²) >= 11 is 0. The van der Waals surface area contributed by atoms with E-state index in [0.29, 0.717) is 24.1 Å². The number of guanidine groups is 1. The van der Waals surface area contributed by atoms with E-state index in [-0.39, 0.29) is 5.75 Å². The SMILES string of the molecule is CC1CCCN(C(N)=NCc2ncccc2O)C1. The molecule has 0 spiro atoms. The molecule has 2 rings (SSSR count). The molecule has 5 nitrogen and oxygen atoms in total. The van der Waals surface area contributed by atoms with Crippen LogP contribution in [0.25, 0.3) is 0 Å². The Morgan fingerprint density at radius 3 is 3.22 bits per heavy atom. The predicted octanol–water partition coefficient (Wildman–Crippen LogP) is 1.33. The molecular formula is C13H20N4O. The van der Waals surface area contributed by atoms with Gasteiger partial charge in [-0.25, -0.2) is 4.99 Å². The Balaban J connectivity index is 1.98. The number of nitrogens with two attached hydrogens (primary N) is 1. The van der Waals surface area contributed by atoms with Gasteiger partial charge in [0.05, 0.1) is 6.54 Å². The molecule has 1 unspecified atom stereocenters. The van der Waals surface area contributed by atoms with E-state index in [1.807, 2.05) is 0 Å². The lowest BCUT2D eigenvalue weighted by Gasteiger charge is -2.31. The van der Waals surface area contributed by atoms with Gasteiger partial charge < -0.3 is 15.7 Å². The van der Waals surface area contributed by atoms with Crippen LogP contribution < -0.4 is 5.73 Å². The summed E-state index contributed by atoms with van der Waals surface area (Å²) in [6.07, 6.45) is 4.06. The largest absolute Gasteiger partial charge is 0.506 e. The molecule has 3 N–H and O–H groups in total. The molecule has 1 aliphatic rings. The van der Waals surface area contributed by atoms with Crippen molar-refractivity contribution in [3.63, 3.8) is 0 Å². The van der Waals surface area contributed by atoms with Gasteiger partial charge in [0.25, 0.3) is 0 Å². The molecule has 1 aromatic heterocycles. The van der Waals surface area contributed by atoms with Gasteiger partial charge in [-0.05, 0) is 30.9 Å². The fraction of sp³-hybridized carbons (Fsp3) is 0.538. The Morgan fingerprint density at radius 2 is 2.50 bits per heavy atom. The van der Waals surface area contributed by atoms with Crippen LogP contribution in [0.3, 0.4) is 0 Å². The third-order valence-electron chi connectivity index (χ3n) is 3.24. The molecule has 1 saturated heterocycles. The van der Waals surface area contributed by atoms with Crippen molar-refractivity contribution in [2.45, 2.75) is 26.3 Å². The van der Waals surface area contributed by atoms with E-state index in [2.05, 4.69) is 21.8 Å². The summed E-state index contributed by atoms with van der Waals surface area (Å²) in [5.41, 5.74) is 6.54. The lowest BCUT2D eigenvalue weighted by atomic mass is 10.0. The second-order valence-corrected chi connectivity index (χ2v) is 4.84.